The van der Waals surface area contributed by atoms with Crippen LogP contribution in [0.25, 0.3) is 0 Å². The van der Waals surface area contributed by atoms with Gasteiger partial charge in [0.1, 0.15) is 5.82 Å². The number of nitrogens with one attached hydrogen (secondary N) is 2. The first-order chi connectivity index (χ1) is 8.99. The first kappa shape index (κ1) is 13.7. The number of halogens is 1. The summed E-state index contributed by atoms with van der Waals surface area (Å²) in [5, 5.41) is 6.01. The van der Waals surface area contributed by atoms with Gasteiger partial charge in [0.15, 0.2) is 0 Å². The topological polar surface area (TPSA) is 41.1 Å². The van der Waals surface area contributed by atoms with Crippen LogP contribution in [0.5, 0.6) is 0 Å². The van der Waals surface area contributed by atoms with Crippen LogP contribution in [0.4, 0.5) is 4.39 Å². The van der Waals surface area contributed by atoms with Gasteiger partial charge in [-0.2, -0.15) is 0 Å². The van der Waals surface area contributed by atoms with Gasteiger partial charge in [-0.25, -0.2) is 4.39 Å². The van der Waals surface area contributed by atoms with Crippen LogP contribution in [0.15, 0.2) is 29.3 Å². The van der Waals surface area contributed by atoms with E-state index in [0.29, 0.717) is 5.56 Å². The van der Waals surface area contributed by atoms with Crippen molar-refractivity contribution in [1.82, 2.24) is 10.6 Å². The van der Waals surface area contributed by atoms with Gasteiger partial charge in [-0.15, -0.1) is 0 Å². The van der Waals surface area contributed by atoms with Gasteiger partial charge in [0, 0.05) is 18.7 Å². The molecule has 1 fully saturated rings. The number of aryl methyl sites for hydroxylation is 1. The summed E-state index contributed by atoms with van der Waals surface area (Å²) in [6, 6.07) is 4.85. The number of hydrogen-bond acceptors (Lipinski definition) is 2. The van der Waals surface area contributed by atoms with Gasteiger partial charge >= 0.3 is 0 Å². The minimum absolute atomic E-state index is 0.0787. The Morgan fingerprint density at radius 2 is 2.11 bits per heavy atom. The van der Waals surface area contributed by atoms with Crippen molar-refractivity contribution in [2.24, 2.45) is 0 Å². The van der Waals surface area contributed by atoms with Gasteiger partial charge in [0.25, 0.3) is 0 Å². The molecule has 3 nitrogen and oxygen atoms in total. The highest BCUT2D eigenvalue weighted by Crippen LogP contribution is 2.17. The van der Waals surface area contributed by atoms with Crippen molar-refractivity contribution in [1.29, 1.82) is 0 Å². The minimum Gasteiger partial charge on any atom is -0.346 e. The molecule has 1 heterocycles. The monoisotopic (exact) mass is 262 g/mol. The van der Waals surface area contributed by atoms with Crippen molar-refractivity contribution < 1.29 is 9.18 Å². The second kappa shape index (κ2) is 5.53. The van der Waals surface area contributed by atoms with Gasteiger partial charge in [-0.05, 0) is 43.5 Å². The number of carbonyl (C=O) groups is 1. The maximum Gasteiger partial charge on any atom is 0.247 e. The third-order valence-electron chi connectivity index (χ3n) is 3.59. The molecular weight excluding hydrogens is 243 g/mol. The standard InChI is InChI=1S/C15H19FN2O/c1-9-4-5-12(6-14(9)16)11(3)18-15(19)10(2)13-7-17-8-13/h4-6,11,17H,7-8H2,1-3H3,(H,18,19). The van der Waals surface area contributed by atoms with Crippen LogP contribution in [0.1, 0.15) is 31.0 Å². The molecule has 1 aromatic carbocycles. The molecule has 1 aliphatic heterocycles. The molecule has 1 amide bonds. The van der Waals surface area contributed by atoms with Crippen molar-refractivity contribution >= 4 is 5.91 Å². The van der Waals surface area contributed by atoms with E-state index < -0.39 is 0 Å². The Morgan fingerprint density at radius 1 is 1.42 bits per heavy atom. The normalized spacial score (nSPS) is 15.7. The van der Waals surface area contributed by atoms with Crippen molar-refractivity contribution in [3.8, 4) is 0 Å². The summed E-state index contributed by atoms with van der Waals surface area (Å²) in [5.41, 5.74) is 3.29. The molecule has 0 saturated carbocycles. The molecule has 1 unspecified atom stereocenters. The molecule has 4 heteroatoms. The molecule has 1 aliphatic rings. The summed E-state index contributed by atoms with van der Waals surface area (Å²) >= 11 is 0. The fraction of sp³-hybridized carbons (Fsp3) is 0.400. The highest BCUT2D eigenvalue weighted by molar-refractivity contribution is 5.94. The molecule has 0 aromatic heterocycles. The summed E-state index contributed by atoms with van der Waals surface area (Å²) < 4.78 is 13.5. The van der Waals surface area contributed by atoms with Crippen molar-refractivity contribution in [3.63, 3.8) is 0 Å². The highest BCUT2D eigenvalue weighted by Gasteiger charge is 2.18. The predicted molar refractivity (Wildman–Crippen MR) is 73.3 cm³/mol. The van der Waals surface area contributed by atoms with Gasteiger partial charge in [0.2, 0.25) is 5.91 Å². The summed E-state index contributed by atoms with van der Waals surface area (Å²) in [7, 11) is 0. The van der Waals surface area contributed by atoms with E-state index in [4.69, 9.17) is 0 Å². The number of hydrogen-bond donors (Lipinski definition) is 2. The maximum absolute atomic E-state index is 13.5. The lowest BCUT2D eigenvalue weighted by molar-refractivity contribution is -0.118. The molecule has 1 aromatic rings. The largest absolute Gasteiger partial charge is 0.346 e. The molecule has 2 rings (SSSR count). The zero-order valence-electron chi connectivity index (χ0n) is 11.5. The Hall–Kier alpha value is -1.68. The lowest BCUT2D eigenvalue weighted by Crippen LogP contribution is -2.38. The Balaban J connectivity index is 2.06. The summed E-state index contributed by atoms with van der Waals surface area (Å²) in [4.78, 5) is 12.0. The molecule has 0 bridgehead atoms. The zero-order chi connectivity index (χ0) is 14.0. The number of amides is 1. The SMILES string of the molecule is CC(C(=O)NC(C)c1ccc(C)c(F)c1)=C1CNC1. The third-order valence-corrected chi connectivity index (χ3v) is 3.59. The summed E-state index contributed by atoms with van der Waals surface area (Å²) in [5.74, 6) is -0.318. The quantitative estimate of drug-likeness (QED) is 0.820. The Morgan fingerprint density at radius 3 is 2.63 bits per heavy atom. The van der Waals surface area contributed by atoms with Crippen LogP contribution >= 0.6 is 0 Å². The van der Waals surface area contributed by atoms with E-state index in [0.717, 1.165) is 29.8 Å². The molecule has 1 saturated heterocycles. The molecular formula is C15H19FN2O. The predicted octanol–water partition coefficient (Wildman–Crippen LogP) is 2.23. The van der Waals surface area contributed by atoms with Crippen LogP contribution in [0.2, 0.25) is 0 Å². The van der Waals surface area contributed by atoms with E-state index in [9.17, 15) is 9.18 Å². The van der Waals surface area contributed by atoms with Gasteiger partial charge in [-0.1, -0.05) is 12.1 Å². The van der Waals surface area contributed by atoms with Crippen LogP contribution in [-0.4, -0.2) is 19.0 Å². The fourth-order valence-corrected chi connectivity index (χ4v) is 1.94. The minimum atomic E-state index is -0.239. The van der Waals surface area contributed by atoms with Gasteiger partial charge < -0.3 is 10.6 Å². The smallest absolute Gasteiger partial charge is 0.247 e. The van der Waals surface area contributed by atoms with Crippen molar-refractivity contribution in [3.05, 3.63) is 46.3 Å². The zero-order valence-corrected chi connectivity index (χ0v) is 11.5. The lowest BCUT2D eigenvalue weighted by atomic mass is 10.0. The van der Waals surface area contributed by atoms with Crippen LogP contribution in [-0.2, 0) is 4.79 Å². The van der Waals surface area contributed by atoms with E-state index in [1.54, 1.807) is 13.0 Å². The van der Waals surface area contributed by atoms with Gasteiger partial charge in [-0.3, -0.25) is 4.79 Å². The van der Waals surface area contributed by atoms with Crippen molar-refractivity contribution in [2.75, 3.05) is 13.1 Å². The van der Waals surface area contributed by atoms with Gasteiger partial charge in [0.05, 0.1) is 6.04 Å². The first-order valence-corrected chi connectivity index (χ1v) is 6.45. The van der Waals surface area contributed by atoms with E-state index in [1.165, 1.54) is 6.07 Å². The van der Waals surface area contributed by atoms with Crippen LogP contribution in [0.3, 0.4) is 0 Å². The van der Waals surface area contributed by atoms with E-state index >= 15 is 0 Å². The second-order valence-corrected chi connectivity index (χ2v) is 5.04. The molecule has 1 atom stereocenters. The van der Waals surface area contributed by atoms with Crippen LogP contribution < -0.4 is 10.6 Å². The van der Waals surface area contributed by atoms with Crippen LogP contribution in [0, 0.1) is 12.7 Å². The average molecular weight is 262 g/mol. The molecule has 19 heavy (non-hydrogen) atoms. The Kier molecular flexibility index (Phi) is 4.00. The van der Waals surface area contributed by atoms with E-state index in [1.807, 2.05) is 19.9 Å². The Bertz CT molecular complexity index is 531. The van der Waals surface area contributed by atoms with E-state index in [-0.39, 0.29) is 17.8 Å². The fourth-order valence-electron chi connectivity index (χ4n) is 1.94. The van der Waals surface area contributed by atoms with Crippen molar-refractivity contribution in [2.45, 2.75) is 26.8 Å². The third kappa shape index (κ3) is 3.01. The molecule has 0 aliphatic carbocycles. The molecule has 0 radical (unpaired) electrons. The molecule has 2 N–H and O–H groups in total. The Labute approximate surface area is 112 Å². The van der Waals surface area contributed by atoms with E-state index in [2.05, 4.69) is 10.6 Å². The summed E-state index contributed by atoms with van der Waals surface area (Å²) in [6.07, 6.45) is 0. The highest BCUT2D eigenvalue weighted by atomic mass is 19.1. The first-order valence-electron chi connectivity index (χ1n) is 6.45. The average Bonchev–Trinajstić information content (AvgIpc) is 2.30. The number of rotatable bonds is 3. The number of carbonyl (C=O) groups excluding carboxylic acids is 1. The number of benzene rings is 1. The summed E-state index contributed by atoms with van der Waals surface area (Å²) in [6.45, 7) is 6.98. The lowest BCUT2D eigenvalue weighted by Gasteiger charge is -2.23. The maximum atomic E-state index is 13.5. The second-order valence-electron chi connectivity index (χ2n) is 5.04. The molecule has 0 spiro atoms. The molecule has 102 valence electrons.